The first-order chi connectivity index (χ1) is 21.4. The van der Waals surface area contributed by atoms with Crippen molar-refractivity contribution in [3.05, 3.63) is 63.1 Å². The van der Waals surface area contributed by atoms with Crippen molar-refractivity contribution in [1.29, 1.82) is 0 Å². The molecule has 3 amide bonds. The number of nitrogens with one attached hydrogen (secondary N) is 3. The number of amides is 3. The zero-order valence-corrected chi connectivity index (χ0v) is 28.5. The molecule has 2 aromatic rings. The van der Waals surface area contributed by atoms with Gasteiger partial charge in [0, 0.05) is 31.1 Å². The first-order valence-corrected chi connectivity index (χ1v) is 16.7. The normalized spacial score (nSPS) is 23.6. The van der Waals surface area contributed by atoms with Gasteiger partial charge in [0.1, 0.15) is 12.1 Å². The van der Waals surface area contributed by atoms with Crippen LogP contribution in [0, 0.1) is 5.41 Å². The Balaban J connectivity index is 1.49. The van der Waals surface area contributed by atoms with Crippen LogP contribution in [0.3, 0.4) is 0 Å². The van der Waals surface area contributed by atoms with Crippen LogP contribution in [0.4, 0.5) is 5.69 Å². The highest BCUT2D eigenvalue weighted by Crippen LogP contribution is 2.43. The van der Waals surface area contributed by atoms with Gasteiger partial charge in [-0.1, -0.05) is 75.2 Å². The van der Waals surface area contributed by atoms with E-state index in [0.29, 0.717) is 42.5 Å². The van der Waals surface area contributed by atoms with E-state index in [1.54, 1.807) is 18.0 Å². The molecule has 1 fully saturated rings. The van der Waals surface area contributed by atoms with Crippen molar-refractivity contribution in [3.63, 3.8) is 0 Å². The highest BCUT2D eigenvalue weighted by Gasteiger charge is 2.48. The maximum Gasteiger partial charge on any atom is 0.246 e. The summed E-state index contributed by atoms with van der Waals surface area (Å²) < 4.78 is 6.08. The molecule has 0 bridgehead atoms. The molecule has 5 rings (SSSR count). The number of ether oxygens (including phenoxy) is 1. The van der Waals surface area contributed by atoms with Crippen LogP contribution >= 0.6 is 23.2 Å². The molecule has 45 heavy (non-hydrogen) atoms. The lowest BCUT2D eigenvalue weighted by Crippen LogP contribution is -2.68. The third kappa shape index (κ3) is 6.68. The summed E-state index contributed by atoms with van der Waals surface area (Å²) in [4.78, 5) is 46.1. The number of anilines is 1. The summed E-state index contributed by atoms with van der Waals surface area (Å²) >= 11 is 13.1. The van der Waals surface area contributed by atoms with Gasteiger partial charge in [-0.15, -0.1) is 0 Å². The van der Waals surface area contributed by atoms with Gasteiger partial charge < -0.3 is 30.5 Å². The van der Waals surface area contributed by atoms with Gasteiger partial charge in [-0.3, -0.25) is 14.4 Å². The molecule has 9 nitrogen and oxygen atoms in total. The number of rotatable bonds is 9. The zero-order chi connectivity index (χ0) is 32.6. The molecule has 11 heteroatoms. The minimum Gasteiger partial charge on any atom is -0.376 e. The Labute approximate surface area is 276 Å². The molecule has 0 saturated carbocycles. The number of fused-ring (bicyclic) bond motifs is 4. The summed E-state index contributed by atoms with van der Waals surface area (Å²) in [5, 5.41) is 10.4. The third-order valence-corrected chi connectivity index (χ3v) is 9.87. The van der Waals surface area contributed by atoms with Gasteiger partial charge in [-0.25, -0.2) is 0 Å². The van der Waals surface area contributed by atoms with Gasteiger partial charge in [0.2, 0.25) is 17.7 Å². The van der Waals surface area contributed by atoms with Crippen LogP contribution in [0.15, 0.2) is 36.4 Å². The highest BCUT2D eigenvalue weighted by molar-refractivity contribution is 6.36. The van der Waals surface area contributed by atoms with Crippen molar-refractivity contribution in [2.24, 2.45) is 5.41 Å². The van der Waals surface area contributed by atoms with Gasteiger partial charge in [-0.05, 0) is 61.1 Å². The van der Waals surface area contributed by atoms with Crippen LogP contribution in [-0.2, 0) is 32.0 Å². The minimum atomic E-state index is -0.848. The lowest BCUT2D eigenvalue weighted by molar-refractivity contribution is -0.147. The number of carbonyl (C=O) groups excluding carboxylic acids is 3. The lowest BCUT2D eigenvalue weighted by atomic mass is 9.84. The first-order valence-electron chi connectivity index (χ1n) is 15.9. The van der Waals surface area contributed by atoms with E-state index < -0.39 is 23.5 Å². The number of halogens is 2. The topological polar surface area (TPSA) is 103 Å². The van der Waals surface area contributed by atoms with E-state index >= 15 is 0 Å². The number of likely N-dealkylation sites (N-methyl/N-ethyl adjacent to an activating group) is 1. The van der Waals surface area contributed by atoms with Crippen LogP contribution in [0.1, 0.15) is 63.8 Å². The minimum absolute atomic E-state index is 0.0932. The number of benzene rings is 2. The van der Waals surface area contributed by atoms with Crippen LogP contribution < -0.4 is 20.9 Å². The van der Waals surface area contributed by atoms with Crippen molar-refractivity contribution < 1.29 is 19.1 Å². The third-order valence-electron chi connectivity index (χ3n) is 9.36. The Morgan fingerprint density at radius 2 is 1.78 bits per heavy atom. The molecular weight excluding hydrogens is 613 g/mol. The second-order valence-corrected chi connectivity index (χ2v) is 14.2. The van der Waals surface area contributed by atoms with Gasteiger partial charge in [0.05, 0.1) is 34.9 Å². The summed E-state index contributed by atoms with van der Waals surface area (Å²) in [7, 11) is 1.73. The number of carbonyl (C=O) groups is 3. The van der Waals surface area contributed by atoms with Crippen LogP contribution in [0.2, 0.25) is 10.0 Å². The smallest absolute Gasteiger partial charge is 0.246 e. The first kappa shape index (κ1) is 33.5. The summed E-state index contributed by atoms with van der Waals surface area (Å²) in [5.41, 5.74) is 3.40. The fourth-order valence-electron chi connectivity index (χ4n) is 7.08. The van der Waals surface area contributed by atoms with Crippen molar-refractivity contribution in [2.45, 2.75) is 90.2 Å². The predicted octanol–water partition coefficient (Wildman–Crippen LogP) is 4.28. The van der Waals surface area contributed by atoms with E-state index in [1.807, 2.05) is 58.9 Å². The van der Waals surface area contributed by atoms with Crippen LogP contribution in [0.25, 0.3) is 0 Å². The van der Waals surface area contributed by atoms with Crippen LogP contribution in [-0.4, -0.2) is 79.6 Å². The number of hydrogen-bond acceptors (Lipinski definition) is 6. The van der Waals surface area contributed by atoms with Crippen molar-refractivity contribution in [1.82, 2.24) is 20.9 Å². The second kappa shape index (κ2) is 13.5. The second-order valence-electron chi connectivity index (χ2n) is 13.4. The average molecular weight is 659 g/mol. The van der Waals surface area contributed by atoms with Gasteiger partial charge in [-0.2, -0.15) is 0 Å². The Morgan fingerprint density at radius 3 is 2.44 bits per heavy atom. The molecule has 1 saturated heterocycles. The van der Waals surface area contributed by atoms with Crippen molar-refractivity contribution in [2.75, 3.05) is 31.6 Å². The highest BCUT2D eigenvalue weighted by atomic mass is 35.5. The lowest BCUT2D eigenvalue weighted by Gasteiger charge is -2.46. The van der Waals surface area contributed by atoms with Crippen molar-refractivity contribution >= 4 is 46.6 Å². The average Bonchev–Trinajstić information content (AvgIpc) is 3.52. The quantitative estimate of drug-likeness (QED) is 0.372. The zero-order valence-electron chi connectivity index (χ0n) is 27.0. The van der Waals surface area contributed by atoms with E-state index in [-0.39, 0.29) is 42.5 Å². The molecule has 6 atom stereocenters. The van der Waals surface area contributed by atoms with Gasteiger partial charge >= 0.3 is 0 Å². The Kier molecular flexibility index (Phi) is 10.0. The fraction of sp³-hybridized carbons (Fsp3) is 0.559. The largest absolute Gasteiger partial charge is 0.376 e. The molecule has 3 aliphatic rings. The summed E-state index contributed by atoms with van der Waals surface area (Å²) in [6.07, 6.45) is 1.70. The number of piperazine rings is 1. The molecule has 0 unspecified atom stereocenters. The molecule has 2 aliphatic heterocycles. The Hall–Kier alpha value is -2.85. The number of nitrogens with zero attached hydrogens (tertiary/aromatic N) is 2. The molecule has 2 heterocycles. The molecule has 1 aliphatic carbocycles. The maximum atomic E-state index is 14.6. The predicted molar refractivity (Wildman–Crippen MR) is 178 cm³/mol. The van der Waals surface area contributed by atoms with E-state index in [0.717, 1.165) is 22.4 Å². The number of hydrogen-bond donors (Lipinski definition) is 3. The summed E-state index contributed by atoms with van der Waals surface area (Å²) in [6, 6.07) is 9.10. The summed E-state index contributed by atoms with van der Waals surface area (Å²) in [6.45, 7) is 10.7. The van der Waals surface area contributed by atoms with E-state index in [1.165, 1.54) is 0 Å². The molecule has 0 radical (unpaired) electrons. The van der Waals surface area contributed by atoms with Crippen molar-refractivity contribution in [3.8, 4) is 0 Å². The molecule has 0 spiro atoms. The maximum absolute atomic E-state index is 14.6. The fourth-order valence-corrected chi connectivity index (χ4v) is 7.72. The van der Waals surface area contributed by atoms with Crippen LogP contribution in [0.5, 0.6) is 0 Å². The Morgan fingerprint density at radius 1 is 1.04 bits per heavy atom. The molecular formula is C34H45Cl2N5O4. The molecule has 244 valence electrons. The monoisotopic (exact) mass is 657 g/mol. The molecule has 2 aromatic carbocycles. The molecule has 3 N–H and O–H groups in total. The molecule has 0 aromatic heterocycles. The van der Waals surface area contributed by atoms with E-state index in [4.69, 9.17) is 27.9 Å². The van der Waals surface area contributed by atoms with Gasteiger partial charge in [0.15, 0.2) is 0 Å². The Bertz CT molecular complexity index is 1440. The standard InChI is InChI=1S/C34H45Cl2N5O4/c1-7-25(37-6)31(42)39-30(34(3,4)5)33(44)41-17-22-14-20-13-21(35)16-24(36)29(20)40(22)18-26(41)32(43)38-28-23-12-10-9-11-19(23)15-27(28)45-8-2/h9-13,16,22,25-28,30,37H,7-8,14-15,17-18H2,1-6H3,(H,38,43)(H,39,42)/t22-,25-,26-,27-,28-,30+/m0/s1. The van der Waals surface area contributed by atoms with E-state index in [2.05, 4.69) is 26.9 Å². The van der Waals surface area contributed by atoms with E-state index in [9.17, 15) is 14.4 Å². The van der Waals surface area contributed by atoms with Gasteiger partial charge in [0.25, 0.3) is 0 Å². The SMILES string of the molecule is CCO[C@H]1Cc2ccccc2[C@@H]1NC(=O)[C@@H]1CN2c3c(Cl)cc(Cl)cc3C[C@H]2CN1C(=O)[C@@H](NC(=O)[C@H](CC)NC)C(C)(C)C. The summed E-state index contributed by atoms with van der Waals surface area (Å²) in [5.74, 6) is -0.799.